The van der Waals surface area contributed by atoms with Crippen molar-refractivity contribution < 1.29 is 19.1 Å². The zero-order chi connectivity index (χ0) is 20.8. The third kappa shape index (κ3) is 4.79. The van der Waals surface area contributed by atoms with Gasteiger partial charge in [0.1, 0.15) is 0 Å². The van der Waals surface area contributed by atoms with Crippen LogP contribution in [0.2, 0.25) is 0 Å². The maximum absolute atomic E-state index is 10.8. The lowest BCUT2D eigenvalue weighted by molar-refractivity contribution is 0.389. The lowest BCUT2D eigenvalue weighted by atomic mass is 9.93. The van der Waals surface area contributed by atoms with E-state index in [-0.39, 0.29) is 11.5 Å². The van der Waals surface area contributed by atoms with Crippen molar-refractivity contribution in [3.8, 4) is 22.6 Å². The molecule has 0 aliphatic carbocycles. The van der Waals surface area contributed by atoms with Gasteiger partial charge in [0, 0.05) is 0 Å². The van der Waals surface area contributed by atoms with Crippen LogP contribution in [0.3, 0.4) is 0 Å². The third-order valence-electron chi connectivity index (χ3n) is 4.74. The summed E-state index contributed by atoms with van der Waals surface area (Å²) in [5.41, 5.74) is 1.79. The molecule has 4 aromatic carbocycles. The molecule has 0 aliphatic heterocycles. The first-order valence-electron chi connectivity index (χ1n) is 9.69. The Morgan fingerprint density at radius 2 is 1.45 bits per heavy atom. The Kier molecular flexibility index (Phi) is 6.92. The topological polar surface area (TPSA) is 66.8 Å². The molecule has 1 unspecified atom stereocenters. The molecule has 0 spiro atoms. The maximum atomic E-state index is 10.8. The van der Waals surface area contributed by atoms with Gasteiger partial charge in [0.25, 0.3) is 0 Å². The van der Waals surface area contributed by atoms with E-state index in [0.29, 0.717) is 0 Å². The first kappa shape index (κ1) is 20.9. The summed E-state index contributed by atoms with van der Waals surface area (Å²) in [6.07, 6.45) is 2.64. The van der Waals surface area contributed by atoms with E-state index in [4.69, 9.17) is 9.42 Å². The molecule has 1 atom stereocenters. The summed E-state index contributed by atoms with van der Waals surface area (Å²) in [6, 6.07) is 23.2. The summed E-state index contributed by atoms with van der Waals surface area (Å²) >= 11 is 0. The van der Waals surface area contributed by atoms with Gasteiger partial charge in [-0.05, 0) is 50.9 Å². The van der Waals surface area contributed by atoms with Gasteiger partial charge in [0.15, 0.2) is 11.5 Å². The van der Waals surface area contributed by atoms with E-state index >= 15 is 0 Å². The number of hydrogen-bond acceptors (Lipinski definition) is 3. The molecular weight excluding hydrogens is 383 g/mol. The fourth-order valence-corrected chi connectivity index (χ4v) is 3.52. The summed E-state index contributed by atoms with van der Waals surface area (Å²) in [5, 5.41) is 14.6. The zero-order valence-electron chi connectivity index (χ0n) is 16.6. The maximum Gasteiger partial charge on any atom is 0.365 e. The molecule has 29 heavy (non-hydrogen) atoms. The van der Waals surface area contributed by atoms with Crippen LogP contribution in [0, 0.1) is 0 Å². The van der Waals surface area contributed by atoms with E-state index in [1.807, 2.05) is 30.3 Å². The first-order valence-corrected chi connectivity index (χ1v) is 11.0. The van der Waals surface area contributed by atoms with E-state index in [1.54, 1.807) is 12.1 Å². The number of benzene rings is 4. The smallest absolute Gasteiger partial charge is 0.365 e. The molecule has 0 radical (unpaired) electrons. The summed E-state index contributed by atoms with van der Waals surface area (Å²) in [4.78, 5) is 8.89. The Balaban J connectivity index is 0.000000552. The minimum atomic E-state index is -3.16. The average molecular weight is 408 g/mol. The first-order chi connectivity index (χ1) is 14.0. The van der Waals surface area contributed by atoms with Crippen LogP contribution < -0.4 is 4.52 Å². The highest BCUT2D eigenvalue weighted by molar-refractivity contribution is 7.32. The van der Waals surface area contributed by atoms with Crippen LogP contribution in [0.15, 0.2) is 72.8 Å². The average Bonchev–Trinajstić information content (AvgIpc) is 2.74. The highest BCUT2D eigenvalue weighted by Crippen LogP contribution is 2.39. The van der Waals surface area contributed by atoms with E-state index in [2.05, 4.69) is 38.1 Å². The van der Waals surface area contributed by atoms with E-state index in [1.165, 1.54) is 24.3 Å². The third-order valence-corrected chi connectivity index (χ3v) is 5.13. The van der Waals surface area contributed by atoms with Crippen LogP contribution in [0.1, 0.15) is 26.7 Å². The molecule has 0 saturated heterocycles. The van der Waals surface area contributed by atoms with Gasteiger partial charge in [-0.1, -0.05) is 81.3 Å². The van der Waals surface area contributed by atoms with Crippen molar-refractivity contribution in [2.75, 3.05) is 0 Å². The largest absolute Gasteiger partial charge is 0.504 e. The lowest BCUT2D eigenvalue weighted by Gasteiger charge is -2.12. The number of rotatable bonds is 4. The molecule has 0 aliphatic rings. The molecule has 0 heterocycles. The molecule has 4 rings (SSSR count). The number of fused-ring (bicyclic) bond motifs is 3. The SMILES string of the molecule is CCCC.O=[PH](O)Oc1ccc(-c2cc3ccccc3c3ccccc23)cc1O. The van der Waals surface area contributed by atoms with Crippen molar-refractivity contribution in [2.45, 2.75) is 26.7 Å². The zero-order valence-corrected chi connectivity index (χ0v) is 17.6. The Bertz CT molecular complexity index is 1150. The van der Waals surface area contributed by atoms with Gasteiger partial charge in [-0.25, -0.2) is 4.57 Å². The van der Waals surface area contributed by atoms with Crippen LogP contribution >= 0.6 is 8.25 Å². The molecule has 0 saturated carbocycles. The summed E-state index contributed by atoms with van der Waals surface area (Å²) < 4.78 is 15.6. The second-order valence-electron chi connectivity index (χ2n) is 6.74. The molecular formula is C24H25O4P. The second kappa shape index (κ2) is 9.60. The Morgan fingerprint density at radius 3 is 2.07 bits per heavy atom. The van der Waals surface area contributed by atoms with Gasteiger partial charge in [0.05, 0.1) is 0 Å². The summed E-state index contributed by atoms with van der Waals surface area (Å²) in [7, 11) is -3.16. The number of phenols is 1. The van der Waals surface area contributed by atoms with Crippen LogP contribution in [0.25, 0.3) is 32.7 Å². The van der Waals surface area contributed by atoms with Gasteiger partial charge < -0.3 is 14.5 Å². The number of aromatic hydroxyl groups is 1. The van der Waals surface area contributed by atoms with E-state index in [9.17, 15) is 9.67 Å². The normalized spacial score (nSPS) is 11.7. The van der Waals surface area contributed by atoms with Gasteiger partial charge in [-0.3, -0.25) is 0 Å². The van der Waals surface area contributed by atoms with Crippen molar-refractivity contribution in [2.24, 2.45) is 0 Å². The highest BCUT2D eigenvalue weighted by atomic mass is 31.1. The quantitative estimate of drug-likeness (QED) is 0.284. The van der Waals surface area contributed by atoms with Crippen molar-refractivity contribution >= 4 is 29.8 Å². The molecule has 4 nitrogen and oxygen atoms in total. The molecule has 0 bridgehead atoms. The molecule has 0 aromatic heterocycles. The van der Waals surface area contributed by atoms with Gasteiger partial charge >= 0.3 is 8.25 Å². The van der Waals surface area contributed by atoms with E-state index < -0.39 is 8.25 Å². The molecule has 0 amide bonds. The van der Waals surface area contributed by atoms with Gasteiger partial charge in [-0.2, -0.15) is 0 Å². The molecule has 150 valence electrons. The Morgan fingerprint density at radius 1 is 0.828 bits per heavy atom. The van der Waals surface area contributed by atoms with Crippen LogP contribution in [0.5, 0.6) is 11.5 Å². The minimum absolute atomic E-state index is 0.000216. The standard InChI is InChI=1S/C20H15O4P.C4H10/c21-19-12-14(9-10-20(19)24-25(22)23)18-11-13-5-1-2-6-15(13)16-7-3-4-8-17(16)18;1-3-4-2/h1-12,21,25H,(H,22,23);3-4H2,1-2H3. The number of phenolic OH excluding ortho intramolecular Hbond substituents is 1. The highest BCUT2D eigenvalue weighted by Gasteiger charge is 2.11. The summed E-state index contributed by atoms with van der Waals surface area (Å²) in [6.45, 7) is 4.36. The van der Waals surface area contributed by atoms with Crippen LogP contribution in [-0.4, -0.2) is 10.00 Å². The monoisotopic (exact) mass is 408 g/mol. The van der Waals surface area contributed by atoms with Crippen LogP contribution in [-0.2, 0) is 4.57 Å². The van der Waals surface area contributed by atoms with Gasteiger partial charge in [-0.15, -0.1) is 0 Å². The Hall–Kier alpha value is -2.81. The predicted molar refractivity (Wildman–Crippen MR) is 121 cm³/mol. The number of hydrogen-bond donors (Lipinski definition) is 2. The van der Waals surface area contributed by atoms with Crippen molar-refractivity contribution in [1.29, 1.82) is 0 Å². The van der Waals surface area contributed by atoms with Crippen molar-refractivity contribution in [3.63, 3.8) is 0 Å². The Labute approximate surface area is 171 Å². The fraction of sp³-hybridized carbons (Fsp3) is 0.167. The number of unbranched alkanes of at least 4 members (excludes halogenated alkanes) is 1. The lowest BCUT2D eigenvalue weighted by Crippen LogP contribution is -1.86. The molecule has 2 N–H and O–H groups in total. The molecule has 4 aromatic rings. The summed E-state index contributed by atoms with van der Waals surface area (Å²) in [5.74, 6) is -0.164. The molecule has 5 heteroatoms. The molecule has 0 fully saturated rings. The van der Waals surface area contributed by atoms with Crippen molar-refractivity contribution in [1.82, 2.24) is 0 Å². The van der Waals surface area contributed by atoms with Crippen molar-refractivity contribution in [3.05, 3.63) is 72.8 Å². The second-order valence-corrected chi connectivity index (χ2v) is 7.48. The fourth-order valence-electron chi connectivity index (χ4n) is 3.16. The minimum Gasteiger partial charge on any atom is -0.504 e. The van der Waals surface area contributed by atoms with Gasteiger partial charge in [0.2, 0.25) is 0 Å². The van der Waals surface area contributed by atoms with E-state index in [0.717, 1.165) is 27.3 Å². The predicted octanol–water partition coefficient (Wildman–Crippen LogP) is 6.93. The van der Waals surface area contributed by atoms with Crippen LogP contribution in [0.4, 0.5) is 0 Å².